The van der Waals surface area contributed by atoms with Crippen molar-refractivity contribution in [1.29, 1.82) is 0 Å². The zero-order valence-corrected chi connectivity index (χ0v) is 19.5. The van der Waals surface area contributed by atoms with Crippen LogP contribution >= 0.6 is 11.6 Å². The smallest absolute Gasteiger partial charge is 0.354 e. The van der Waals surface area contributed by atoms with Crippen molar-refractivity contribution in [1.82, 2.24) is 29.6 Å². The molecule has 1 aliphatic carbocycles. The summed E-state index contributed by atoms with van der Waals surface area (Å²) < 4.78 is 43.9. The van der Waals surface area contributed by atoms with Crippen LogP contribution in [-0.4, -0.2) is 67.5 Å². The minimum atomic E-state index is -4.30. The topological polar surface area (TPSA) is 66.2 Å². The van der Waals surface area contributed by atoms with Crippen LogP contribution in [0.2, 0.25) is 5.02 Å². The van der Waals surface area contributed by atoms with Crippen molar-refractivity contribution in [2.24, 2.45) is 5.41 Å². The Balaban J connectivity index is 1.18. The molecule has 0 radical (unpaired) electrons. The van der Waals surface area contributed by atoms with E-state index >= 15 is 0 Å². The molecule has 8 nitrogen and oxygen atoms in total. The van der Waals surface area contributed by atoms with Gasteiger partial charge in [-0.05, 0) is 36.6 Å². The SMILES string of the molecule is FC(F)(F)C1(N2Cc3cc(Cl)ccc3-n3c(nnc3N3CC4(CN(c5cnccn5)C4)C3)C2)CC1. The number of alkyl halides is 3. The van der Waals surface area contributed by atoms with E-state index in [0.29, 0.717) is 16.8 Å². The van der Waals surface area contributed by atoms with Gasteiger partial charge in [0.15, 0.2) is 5.82 Å². The first-order valence-corrected chi connectivity index (χ1v) is 12.0. The zero-order chi connectivity index (χ0) is 24.0. The summed E-state index contributed by atoms with van der Waals surface area (Å²) in [5.74, 6) is 2.07. The Kier molecular flexibility index (Phi) is 4.32. The highest BCUT2D eigenvalue weighted by molar-refractivity contribution is 6.30. The molecule has 0 bridgehead atoms. The molecule has 1 saturated carbocycles. The highest BCUT2D eigenvalue weighted by Crippen LogP contribution is 2.55. The van der Waals surface area contributed by atoms with Gasteiger partial charge in [0.25, 0.3) is 0 Å². The average Bonchev–Trinajstić information content (AvgIpc) is 3.52. The van der Waals surface area contributed by atoms with Crippen LogP contribution in [0.4, 0.5) is 24.9 Å². The molecule has 2 aromatic heterocycles. The second kappa shape index (κ2) is 7.07. The summed E-state index contributed by atoms with van der Waals surface area (Å²) in [4.78, 5) is 14.4. The molecule has 5 heterocycles. The fourth-order valence-electron chi connectivity index (χ4n) is 5.88. The van der Waals surface area contributed by atoms with E-state index in [4.69, 9.17) is 11.6 Å². The Morgan fingerprint density at radius 2 is 1.71 bits per heavy atom. The molecule has 4 aliphatic rings. The van der Waals surface area contributed by atoms with Crippen molar-refractivity contribution in [3.63, 3.8) is 0 Å². The van der Waals surface area contributed by atoms with Crippen molar-refractivity contribution in [3.05, 3.63) is 53.2 Å². The number of rotatable bonds is 3. The Bertz CT molecular complexity index is 1290. The minimum Gasteiger partial charge on any atom is -0.354 e. The van der Waals surface area contributed by atoms with Crippen LogP contribution in [0.3, 0.4) is 0 Å². The number of anilines is 2. The Morgan fingerprint density at radius 3 is 2.40 bits per heavy atom. The van der Waals surface area contributed by atoms with Gasteiger partial charge in [-0.2, -0.15) is 13.2 Å². The van der Waals surface area contributed by atoms with Gasteiger partial charge in [0.1, 0.15) is 11.4 Å². The van der Waals surface area contributed by atoms with E-state index in [1.807, 2.05) is 10.6 Å². The number of fused-ring (bicyclic) bond motifs is 3. The maximum Gasteiger partial charge on any atom is 0.406 e. The molecule has 7 rings (SSSR count). The van der Waals surface area contributed by atoms with Crippen LogP contribution in [0.25, 0.3) is 5.69 Å². The largest absolute Gasteiger partial charge is 0.406 e. The molecule has 2 saturated heterocycles. The van der Waals surface area contributed by atoms with Crippen molar-refractivity contribution >= 4 is 23.4 Å². The van der Waals surface area contributed by atoms with Gasteiger partial charge >= 0.3 is 6.18 Å². The predicted molar refractivity (Wildman–Crippen MR) is 123 cm³/mol. The van der Waals surface area contributed by atoms with Crippen LogP contribution in [0.5, 0.6) is 0 Å². The molecule has 1 aromatic carbocycles. The number of nitrogens with zero attached hydrogens (tertiary/aromatic N) is 8. The number of hydrogen-bond donors (Lipinski definition) is 0. The maximum absolute atomic E-state index is 14.0. The van der Waals surface area contributed by atoms with E-state index in [2.05, 4.69) is 30.0 Å². The molecular weight excluding hydrogens is 481 g/mol. The third-order valence-corrected chi connectivity index (χ3v) is 8.04. The number of aromatic nitrogens is 5. The molecule has 0 atom stereocenters. The fourth-order valence-corrected chi connectivity index (χ4v) is 6.07. The summed E-state index contributed by atoms with van der Waals surface area (Å²) in [5, 5.41) is 9.31. The van der Waals surface area contributed by atoms with E-state index < -0.39 is 11.7 Å². The van der Waals surface area contributed by atoms with Crippen LogP contribution in [0.1, 0.15) is 24.2 Å². The average molecular weight is 503 g/mol. The summed E-state index contributed by atoms with van der Waals surface area (Å²) in [6, 6.07) is 5.39. The predicted octanol–water partition coefficient (Wildman–Crippen LogP) is 3.45. The molecule has 12 heteroatoms. The van der Waals surface area contributed by atoms with Crippen molar-refractivity contribution < 1.29 is 13.2 Å². The molecule has 0 unspecified atom stereocenters. The molecule has 0 N–H and O–H groups in total. The third-order valence-electron chi connectivity index (χ3n) is 7.81. The van der Waals surface area contributed by atoms with Crippen LogP contribution in [0.15, 0.2) is 36.8 Å². The highest BCUT2D eigenvalue weighted by Gasteiger charge is 2.67. The first-order valence-electron chi connectivity index (χ1n) is 11.6. The van der Waals surface area contributed by atoms with Gasteiger partial charge in [-0.3, -0.25) is 14.5 Å². The van der Waals surface area contributed by atoms with Gasteiger partial charge in [-0.15, -0.1) is 10.2 Å². The molecule has 3 fully saturated rings. The third kappa shape index (κ3) is 3.17. The van der Waals surface area contributed by atoms with E-state index in [0.717, 1.165) is 43.2 Å². The first kappa shape index (κ1) is 21.4. The first-order chi connectivity index (χ1) is 16.8. The van der Waals surface area contributed by atoms with E-state index in [-0.39, 0.29) is 31.3 Å². The van der Waals surface area contributed by atoms with Gasteiger partial charge < -0.3 is 9.80 Å². The summed E-state index contributed by atoms with van der Waals surface area (Å²) in [6.07, 6.45) is 1.02. The number of hydrogen-bond acceptors (Lipinski definition) is 7. The summed E-state index contributed by atoms with van der Waals surface area (Å²) in [5.41, 5.74) is -0.108. The Labute approximate surface area is 204 Å². The summed E-state index contributed by atoms with van der Waals surface area (Å²) in [7, 11) is 0. The van der Waals surface area contributed by atoms with Gasteiger partial charge in [0.05, 0.1) is 18.4 Å². The fraction of sp³-hybridized carbons (Fsp3) is 0.478. The Hall–Kier alpha value is -2.92. The molecule has 35 heavy (non-hydrogen) atoms. The zero-order valence-electron chi connectivity index (χ0n) is 18.7. The van der Waals surface area contributed by atoms with Crippen molar-refractivity contribution in [2.45, 2.75) is 37.6 Å². The van der Waals surface area contributed by atoms with Gasteiger partial charge in [0, 0.05) is 55.6 Å². The van der Waals surface area contributed by atoms with Crippen molar-refractivity contribution in [2.75, 3.05) is 36.0 Å². The second-order valence-electron chi connectivity index (χ2n) is 10.2. The normalized spacial score (nSPS) is 22.2. The van der Waals surface area contributed by atoms with Gasteiger partial charge in [-0.1, -0.05) is 11.6 Å². The highest BCUT2D eigenvalue weighted by atomic mass is 35.5. The summed E-state index contributed by atoms with van der Waals surface area (Å²) in [6.45, 7) is 3.63. The summed E-state index contributed by atoms with van der Waals surface area (Å²) >= 11 is 6.26. The van der Waals surface area contributed by atoms with E-state index in [9.17, 15) is 13.2 Å². The lowest BCUT2D eigenvalue weighted by Gasteiger charge is -2.60. The standard InChI is InChI=1S/C23H22ClF3N8/c24-16-1-2-17-15(7-16)9-34(22(3-4-22)23(25,26)27)10-19-30-31-20(35(17)19)33-13-21(14-33)11-32(12-21)18-8-28-5-6-29-18/h1-2,5-8H,3-4,9-14H2. The van der Waals surface area contributed by atoms with Crippen molar-refractivity contribution in [3.8, 4) is 5.69 Å². The van der Waals surface area contributed by atoms with Gasteiger partial charge in [0.2, 0.25) is 5.95 Å². The van der Waals surface area contributed by atoms with E-state index in [1.54, 1.807) is 30.7 Å². The number of benzene rings is 1. The molecule has 1 spiro atoms. The quantitative estimate of drug-likeness (QED) is 0.543. The molecule has 0 amide bonds. The minimum absolute atomic E-state index is 0.0816. The lowest BCUT2D eigenvalue weighted by Crippen LogP contribution is -2.73. The lowest BCUT2D eigenvalue weighted by molar-refractivity contribution is -0.200. The second-order valence-corrected chi connectivity index (χ2v) is 10.6. The maximum atomic E-state index is 14.0. The number of halogens is 4. The van der Waals surface area contributed by atoms with Crippen LogP contribution in [-0.2, 0) is 13.1 Å². The Morgan fingerprint density at radius 1 is 0.943 bits per heavy atom. The monoisotopic (exact) mass is 502 g/mol. The molecule has 3 aromatic rings. The van der Waals surface area contributed by atoms with Crippen LogP contribution < -0.4 is 9.80 Å². The molecule has 182 valence electrons. The van der Waals surface area contributed by atoms with Crippen LogP contribution in [0, 0.1) is 5.41 Å². The lowest BCUT2D eigenvalue weighted by atomic mass is 9.73. The molecular formula is C23H22ClF3N8. The van der Waals surface area contributed by atoms with Gasteiger partial charge in [-0.25, -0.2) is 4.98 Å². The van der Waals surface area contributed by atoms with E-state index in [1.165, 1.54) is 4.90 Å². The molecule has 3 aliphatic heterocycles.